The molecule has 1 aromatic carbocycles. The molecular formula is C12H12Cl2N4. The maximum atomic E-state index is 6.15. The minimum absolute atomic E-state index is 0.206. The summed E-state index contributed by atoms with van der Waals surface area (Å²) in [5.74, 6) is 0.821. The SMILES string of the molecule is Cc1cc(Cl)c(Nc2nc(N)ncc2C)cc1Cl. The average molecular weight is 283 g/mol. The van der Waals surface area contributed by atoms with Crippen molar-refractivity contribution < 1.29 is 0 Å². The number of hydrogen-bond donors (Lipinski definition) is 2. The van der Waals surface area contributed by atoms with Crippen LogP contribution in [0.1, 0.15) is 11.1 Å². The Kier molecular flexibility index (Phi) is 3.59. The molecule has 18 heavy (non-hydrogen) atoms. The van der Waals surface area contributed by atoms with Gasteiger partial charge in [0.25, 0.3) is 0 Å². The Hall–Kier alpha value is -1.52. The molecule has 0 unspecified atom stereocenters. The molecule has 0 aliphatic rings. The number of nitrogen functional groups attached to an aromatic ring is 1. The van der Waals surface area contributed by atoms with Gasteiger partial charge in [0, 0.05) is 16.8 Å². The highest BCUT2D eigenvalue weighted by Gasteiger charge is 2.08. The first-order valence-electron chi connectivity index (χ1n) is 5.29. The molecule has 6 heteroatoms. The molecule has 0 fully saturated rings. The summed E-state index contributed by atoms with van der Waals surface area (Å²) in [5, 5.41) is 4.32. The van der Waals surface area contributed by atoms with E-state index in [0.29, 0.717) is 21.6 Å². The summed E-state index contributed by atoms with van der Waals surface area (Å²) < 4.78 is 0. The van der Waals surface area contributed by atoms with Gasteiger partial charge in [0.1, 0.15) is 5.82 Å². The normalized spacial score (nSPS) is 10.4. The van der Waals surface area contributed by atoms with Gasteiger partial charge < -0.3 is 11.1 Å². The van der Waals surface area contributed by atoms with Gasteiger partial charge in [-0.05, 0) is 31.5 Å². The zero-order chi connectivity index (χ0) is 13.3. The lowest BCUT2D eigenvalue weighted by atomic mass is 10.2. The van der Waals surface area contributed by atoms with Gasteiger partial charge in [0.05, 0.1) is 10.7 Å². The van der Waals surface area contributed by atoms with Crippen molar-refractivity contribution >= 4 is 40.7 Å². The van der Waals surface area contributed by atoms with Gasteiger partial charge >= 0.3 is 0 Å². The molecule has 0 spiro atoms. The van der Waals surface area contributed by atoms with Crippen molar-refractivity contribution in [1.29, 1.82) is 0 Å². The summed E-state index contributed by atoms with van der Waals surface area (Å²) in [4.78, 5) is 8.02. The number of halogens is 2. The van der Waals surface area contributed by atoms with Crippen molar-refractivity contribution in [3.8, 4) is 0 Å². The standard InChI is InChI=1S/C12H12Cl2N4/c1-6-3-9(14)10(4-8(6)13)17-11-7(2)5-16-12(15)18-11/h3-5H,1-2H3,(H3,15,16,17,18). The van der Waals surface area contributed by atoms with Crippen LogP contribution in [0.2, 0.25) is 10.0 Å². The Bertz CT molecular complexity index is 599. The predicted octanol–water partition coefficient (Wildman–Crippen LogP) is 3.73. The molecule has 0 aliphatic carbocycles. The third kappa shape index (κ3) is 2.66. The molecule has 1 heterocycles. The Morgan fingerprint density at radius 1 is 1.11 bits per heavy atom. The van der Waals surface area contributed by atoms with Gasteiger partial charge in [-0.1, -0.05) is 23.2 Å². The number of aryl methyl sites for hydroxylation is 2. The highest BCUT2D eigenvalue weighted by Crippen LogP contribution is 2.31. The fraction of sp³-hybridized carbons (Fsp3) is 0.167. The van der Waals surface area contributed by atoms with E-state index in [9.17, 15) is 0 Å². The maximum absolute atomic E-state index is 6.15. The average Bonchev–Trinajstić information content (AvgIpc) is 2.30. The Labute approximate surface area is 115 Å². The van der Waals surface area contributed by atoms with Crippen LogP contribution in [0.15, 0.2) is 18.3 Å². The molecule has 1 aromatic heterocycles. The summed E-state index contributed by atoms with van der Waals surface area (Å²) in [5.41, 5.74) is 8.03. The van der Waals surface area contributed by atoms with Gasteiger partial charge in [-0.15, -0.1) is 0 Å². The Morgan fingerprint density at radius 3 is 2.56 bits per heavy atom. The fourth-order valence-corrected chi connectivity index (χ4v) is 1.88. The van der Waals surface area contributed by atoms with Crippen LogP contribution < -0.4 is 11.1 Å². The third-order valence-electron chi connectivity index (χ3n) is 2.49. The summed E-state index contributed by atoms with van der Waals surface area (Å²) in [6.07, 6.45) is 1.65. The number of anilines is 3. The van der Waals surface area contributed by atoms with Crippen LogP contribution >= 0.6 is 23.2 Å². The van der Waals surface area contributed by atoms with Gasteiger partial charge in [0.2, 0.25) is 5.95 Å². The number of nitrogens with two attached hydrogens (primary N) is 1. The van der Waals surface area contributed by atoms with E-state index in [-0.39, 0.29) is 5.95 Å². The number of aromatic nitrogens is 2. The molecule has 0 bridgehead atoms. The number of nitrogens with one attached hydrogen (secondary N) is 1. The van der Waals surface area contributed by atoms with Crippen LogP contribution in [0.5, 0.6) is 0 Å². The van der Waals surface area contributed by atoms with E-state index in [1.165, 1.54) is 0 Å². The molecule has 0 saturated carbocycles. The lowest BCUT2D eigenvalue weighted by Crippen LogP contribution is -2.02. The number of hydrogen-bond acceptors (Lipinski definition) is 4. The van der Waals surface area contributed by atoms with Gasteiger partial charge in [-0.25, -0.2) is 4.98 Å². The molecule has 2 aromatic rings. The molecule has 0 saturated heterocycles. The first-order chi connectivity index (χ1) is 8.47. The quantitative estimate of drug-likeness (QED) is 0.881. The minimum atomic E-state index is 0.206. The van der Waals surface area contributed by atoms with E-state index >= 15 is 0 Å². The van der Waals surface area contributed by atoms with E-state index in [1.54, 1.807) is 18.3 Å². The van der Waals surface area contributed by atoms with Crippen molar-refractivity contribution in [3.05, 3.63) is 39.5 Å². The van der Waals surface area contributed by atoms with E-state index in [0.717, 1.165) is 11.1 Å². The van der Waals surface area contributed by atoms with E-state index < -0.39 is 0 Å². The highest BCUT2D eigenvalue weighted by molar-refractivity contribution is 6.35. The summed E-state index contributed by atoms with van der Waals surface area (Å²) in [7, 11) is 0. The molecule has 0 amide bonds. The van der Waals surface area contributed by atoms with Crippen LogP contribution in [0.3, 0.4) is 0 Å². The fourth-order valence-electron chi connectivity index (χ4n) is 1.45. The monoisotopic (exact) mass is 282 g/mol. The molecule has 2 rings (SSSR count). The Morgan fingerprint density at radius 2 is 1.83 bits per heavy atom. The summed E-state index contributed by atoms with van der Waals surface area (Å²) in [6.45, 7) is 3.78. The lowest BCUT2D eigenvalue weighted by molar-refractivity contribution is 1.15. The molecular weight excluding hydrogens is 271 g/mol. The minimum Gasteiger partial charge on any atom is -0.368 e. The van der Waals surface area contributed by atoms with E-state index in [4.69, 9.17) is 28.9 Å². The summed E-state index contributed by atoms with van der Waals surface area (Å²) in [6, 6.07) is 3.56. The third-order valence-corrected chi connectivity index (χ3v) is 3.21. The number of nitrogens with zero attached hydrogens (tertiary/aromatic N) is 2. The van der Waals surface area contributed by atoms with Crippen LogP contribution in [0.25, 0.3) is 0 Å². The molecule has 0 aliphatic heterocycles. The molecule has 0 radical (unpaired) electrons. The second kappa shape index (κ2) is 5.00. The second-order valence-electron chi connectivity index (χ2n) is 3.97. The van der Waals surface area contributed by atoms with Crippen molar-refractivity contribution in [1.82, 2.24) is 9.97 Å². The van der Waals surface area contributed by atoms with Gasteiger partial charge in [-0.3, -0.25) is 0 Å². The van der Waals surface area contributed by atoms with Crippen molar-refractivity contribution in [2.24, 2.45) is 0 Å². The second-order valence-corrected chi connectivity index (χ2v) is 4.78. The van der Waals surface area contributed by atoms with Crippen molar-refractivity contribution in [3.63, 3.8) is 0 Å². The maximum Gasteiger partial charge on any atom is 0.221 e. The topological polar surface area (TPSA) is 63.8 Å². The van der Waals surface area contributed by atoms with E-state index in [2.05, 4.69) is 15.3 Å². The van der Waals surface area contributed by atoms with Gasteiger partial charge in [-0.2, -0.15) is 4.98 Å². The predicted molar refractivity (Wildman–Crippen MR) is 75.7 cm³/mol. The van der Waals surface area contributed by atoms with Crippen LogP contribution in [-0.4, -0.2) is 9.97 Å². The smallest absolute Gasteiger partial charge is 0.221 e. The van der Waals surface area contributed by atoms with Crippen LogP contribution in [0, 0.1) is 13.8 Å². The van der Waals surface area contributed by atoms with Crippen molar-refractivity contribution in [2.45, 2.75) is 13.8 Å². The number of benzene rings is 1. The highest BCUT2D eigenvalue weighted by atomic mass is 35.5. The Balaban J connectivity index is 2.40. The molecule has 94 valence electrons. The first kappa shape index (κ1) is 12.9. The zero-order valence-electron chi connectivity index (χ0n) is 9.96. The molecule has 3 N–H and O–H groups in total. The molecule has 0 atom stereocenters. The largest absolute Gasteiger partial charge is 0.368 e. The lowest BCUT2D eigenvalue weighted by Gasteiger charge is -2.11. The van der Waals surface area contributed by atoms with Crippen molar-refractivity contribution in [2.75, 3.05) is 11.1 Å². The van der Waals surface area contributed by atoms with Gasteiger partial charge in [0.15, 0.2) is 0 Å². The zero-order valence-corrected chi connectivity index (χ0v) is 11.5. The van der Waals surface area contributed by atoms with E-state index in [1.807, 2.05) is 13.8 Å². The first-order valence-corrected chi connectivity index (χ1v) is 6.04. The van der Waals surface area contributed by atoms with Crippen LogP contribution in [0.4, 0.5) is 17.5 Å². The summed E-state index contributed by atoms with van der Waals surface area (Å²) >= 11 is 12.2. The molecule has 4 nitrogen and oxygen atoms in total. The van der Waals surface area contributed by atoms with Crippen LogP contribution in [-0.2, 0) is 0 Å². The number of rotatable bonds is 2.